The summed E-state index contributed by atoms with van der Waals surface area (Å²) in [5.74, 6) is 7.55. The zero-order valence-electron chi connectivity index (χ0n) is 18.8. The van der Waals surface area contributed by atoms with E-state index >= 15 is 0 Å². The van der Waals surface area contributed by atoms with Gasteiger partial charge in [0.2, 0.25) is 0 Å². The summed E-state index contributed by atoms with van der Waals surface area (Å²) in [4.78, 5) is 13.7. The SMILES string of the molecule is CCCC(C(=O)OCC)c1ccc(C#Cc2cc3c(cc2C)SCCC3(C)C)cc1. The monoisotopic (exact) mass is 420 g/mol. The quantitative estimate of drug-likeness (QED) is 0.402. The maximum absolute atomic E-state index is 12.3. The zero-order chi connectivity index (χ0) is 21.7. The molecule has 1 aliphatic heterocycles. The van der Waals surface area contributed by atoms with Crippen LogP contribution in [0.2, 0.25) is 0 Å². The Morgan fingerprint density at radius 3 is 2.57 bits per heavy atom. The summed E-state index contributed by atoms with van der Waals surface area (Å²) in [5.41, 5.74) is 5.92. The molecule has 0 N–H and O–H groups in total. The highest BCUT2D eigenvalue weighted by atomic mass is 32.2. The van der Waals surface area contributed by atoms with Gasteiger partial charge in [-0.15, -0.1) is 11.8 Å². The predicted molar refractivity (Wildman–Crippen MR) is 126 cm³/mol. The molecule has 0 aliphatic carbocycles. The van der Waals surface area contributed by atoms with Crippen molar-refractivity contribution < 1.29 is 9.53 Å². The fourth-order valence-corrected chi connectivity index (χ4v) is 5.49. The summed E-state index contributed by atoms with van der Waals surface area (Å²) in [6.45, 7) is 11.2. The average molecular weight is 421 g/mol. The van der Waals surface area contributed by atoms with Crippen molar-refractivity contribution in [3.05, 3.63) is 64.2 Å². The van der Waals surface area contributed by atoms with Crippen molar-refractivity contribution in [2.75, 3.05) is 12.4 Å². The topological polar surface area (TPSA) is 26.3 Å². The van der Waals surface area contributed by atoms with Crippen LogP contribution in [0, 0.1) is 18.8 Å². The highest BCUT2D eigenvalue weighted by molar-refractivity contribution is 7.99. The van der Waals surface area contributed by atoms with Gasteiger partial charge < -0.3 is 4.74 Å². The van der Waals surface area contributed by atoms with Gasteiger partial charge in [-0.3, -0.25) is 4.79 Å². The Balaban J connectivity index is 1.84. The minimum Gasteiger partial charge on any atom is -0.466 e. The van der Waals surface area contributed by atoms with Crippen LogP contribution in [-0.2, 0) is 14.9 Å². The largest absolute Gasteiger partial charge is 0.466 e. The van der Waals surface area contributed by atoms with Gasteiger partial charge in [-0.25, -0.2) is 0 Å². The molecule has 0 bridgehead atoms. The molecule has 2 aromatic rings. The molecule has 0 aromatic heterocycles. The number of aryl methyl sites for hydroxylation is 1. The van der Waals surface area contributed by atoms with E-state index in [1.54, 1.807) is 0 Å². The van der Waals surface area contributed by atoms with E-state index in [4.69, 9.17) is 4.74 Å². The van der Waals surface area contributed by atoms with Crippen LogP contribution < -0.4 is 0 Å². The summed E-state index contributed by atoms with van der Waals surface area (Å²) in [6.07, 6.45) is 2.94. The van der Waals surface area contributed by atoms with Gasteiger partial charge in [-0.2, -0.15) is 0 Å². The molecule has 2 aromatic carbocycles. The second-order valence-electron chi connectivity index (χ2n) is 8.61. The number of benzene rings is 2. The van der Waals surface area contributed by atoms with E-state index in [0.717, 1.165) is 29.5 Å². The van der Waals surface area contributed by atoms with Crippen LogP contribution in [0.15, 0.2) is 41.3 Å². The summed E-state index contributed by atoms with van der Waals surface area (Å²) in [6, 6.07) is 12.6. The highest BCUT2D eigenvalue weighted by Gasteiger charge is 2.28. The maximum Gasteiger partial charge on any atom is 0.313 e. The van der Waals surface area contributed by atoms with Crippen molar-refractivity contribution in [3.63, 3.8) is 0 Å². The second kappa shape index (κ2) is 9.75. The molecule has 0 amide bonds. The zero-order valence-corrected chi connectivity index (χ0v) is 19.6. The Morgan fingerprint density at radius 1 is 1.17 bits per heavy atom. The summed E-state index contributed by atoms with van der Waals surface area (Å²) in [7, 11) is 0. The number of fused-ring (bicyclic) bond motifs is 1. The van der Waals surface area contributed by atoms with E-state index < -0.39 is 0 Å². The number of carbonyl (C=O) groups is 1. The van der Waals surface area contributed by atoms with Gasteiger partial charge in [-0.1, -0.05) is 51.2 Å². The van der Waals surface area contributed by atoms with Gasteiger partial charge in [0.15, 0.2) is 0 Å². The minimum atomic E-state index is -0.195. The van der Waals surface area contributed by atoms with E-state index in [0.29, 0.717) is 6.61 Å². The van der Waals surface area contributed by atoms with Crippen LogP contribution in [0.3, 0.4) is 0 Å². The molecule has 158 valence electrons. The van der Waals surface area contributed by atoms with Crippen LogP contribution in [-0.4, -0.2) is 18.3 Å². The molecule has 1 heterocycles. The third-order valence-electron chi connectivity index (χ3n) is 5.84. The van der Waals surface area contributed by atoms with Crippen LogP contribution in [0.5, 0.6) is 0 Å². The first kappa shape index (κ1) is 22.5. The lowest BCUT2D eigenvalue weighted by Crippen LogP contribution is -2.23. The standard InChI is InChI=1S/C27H32O2S/c1-6-8-23(26(28)29-7-2)21-12-9-20(10-13-21)11-14-22-18-24-25(17-19(22)3)30-16-15-27(24,4)5/h9-10,12-13,17-18,23H,6-8,15-16H2,1-5H3. The van der Waals surface area contributed by atoms with Crippen molar-refractivity contribution >= 4 is 17.7 Å². The molecule has 0 radical (unpaired) electrons. The highest BCUT2D eigenvalue weighted by Crippen LogP contribution is 2.42. The molecule has 0 saturated heterocycles. The number of esters is 1. The van der Waals surface area contributed by atoms with Crippen molar-refractivity contribution in [1.29, 1.82) is 0 Å². The number of hydrogen-bond acceptors (Lipinski definition) is 3. The number of thioether (sulfide) groups is 1. The number of rotatable bonds is 5. The number of hydrogen-bond donors (Lipinski definition) is 0. The van der Waals surface area contributed by atoms with E-state index in [2.05, 4.69) is 51.7 Å². The summed E-state index contributed by atoms with van der Waals surface area (Å²) >= 11 is 1.96. The van der Waals surface area contributed by atoms with Crippen molar-refractivity contribution in [2.24, 2.45) is 0 Å². The number of ether oxygens (including phenoxy) is 1. The first-order chi connectivity index (χ1) is 14.4. The molecular formula is C27H32O2S. The molecule has 2 nitrogen and oxygen atoms in total. The first-order valence-corrected chi connectivity index (χ1v) is 11.9. The molecule has 1 aliphatic rings. The lowest BCUT2D eigenvalue weighted by molar-refractivity contribution is -0.145. The minimum absolute atomic E-state index is 0.136. The van der Waals surface area contributed by atoms with Crippen molar-refractivity contribution in [1.82, 2.24) is 0 Å². The molecule has 1 atom stereocenters. The first-order valence-electron chi connectivity index (χ1n) is 10.9. The van der Waals surface area contributed by atoms with Crippen LogP contribution in [0.25, 0.3) is 0 Å². The van der Waals surface area contributed by atoms with Gasteiger partial charge in [0, 0.05) is 16.0 Å². The molecular weight excluding hydrogens is 388 g/mol. The Hall–Kier alpha value is -2.18. The molecule has 3 rings (SSSR count). The van der Waals surface area contributed by atoms with E-state index in [9.17, 15) is 4.79 Å². The van der Waals surface area contributed by atoms with Gasteiger partial charge in [0.1, 0.15) is 0 Å². The van der Waals surface area contributed by atoms with E-state index in [1.807, 2.05) is 43.0 Å². The molecule has 0 spiro atoms. The molecule has 30 heavy (non-hydrogen) atoms. The van der Waals surface area contributed by atoms with Gasteiger partial charge >= 0.3 is 5.97 Å². The van der Waals surface area contributed by atoms with E-state index in [1.165, 1.54) is 28.2 Å². The Morgan fingerprint density at radius 2 is 1.90 bits per heavy atom. The lowest BCUT2D eigenvalue weighted by Gasteiger charge is -2.32. The predicted octanol–water partition coefficient (Wildman–Crippen LogP) is 6.62. The average Bonchev–Trinajstić information content (AvgIpc) is 2.71. The van der Waals surface area contributed by atoms with Crippen molar-refractivity contribution in [3.8, 4) is 11.8 Å². The smallest absolute Gasteiger partial charge is 0.313 e. The van der Waals surface area contributed by atoms with Crippen molar-refractivity contribution in [2.45, 2.75) is 70.1 Å². The van der Waals surface area contributed by atoms with Gasteiger partial charge in [-0.05, 0) is 78.8 Å². The fraction of sp³-hybridized carbons (Fsp3) is 0.444. The van der Waals surface area contributed by atoms with E-state index in [-0.39, 0.29) is 17.3 Å². The van der Waals surface area contributed by atoms with Crippen LogP contribution in [0.4, 0.5) is 0 Å². The third kappa shape index (κ3) is 5.10. The third-order valence-corrected chi connectivity index (χ3v) is 6.90. The normalized spacial score (nSPS) is 15.5. The van der Waals surface area contributed by atoms with Crippen LogP contribution in [0.1, 0.15) is 80.7 Å². The Labute approximate surface area is 185 Å². The molecule has 1 unspecified atom stereocenters. The summed E-state index contributed by atoms with van der Waals surface area (Å²) < 4.78 is 5.25. The maximum atomic E-state index is 12.3. The van der Waals surface area contributed by atoms with Gasteiger partial charge in [0.05, 0.1) is 12.5 Å². The Kier molecular flexibility index (Phi) is 7.32. The Bertz CT molecular complexity index is 961. The summed E-state index contributed by atoms with van der Waals surface area (Å²) in [5, 5.41) is 0. The second-order valence-corrected chi connectivity index (χ2v) is 9.75. The van der Waals surface area contributed by atoms with Gasteiger partial charge in [0.25, 0.3) is 0 Å². The molecule has 0 fully saturated rings. The lowest BCUT2D eigenvalue weighted by atomic mass is 9.80. The molecule has 0 saturated carbocycles. The molecule has 3 heteroatoms. The fourth-order valence-electron chi connectivity index (χ4n) is 3.91. The number of carbonyl (C=O) groups excluding carboxylic acids is 1. The van der Waals surface area contributed by atoms with Crippen LogP contribution >= 0.6 is 11.8 Å².